The van der Waals surface area contributed by atoms with E-state index in [1.165, 1.54) is 114 Å². The zero-order valence-corrected chi connectivity index (χ0v) is 36.9. The highest BCUT2D eigenvalue weighted by Crippen LogP contribution is 2.48. The fraction of sp³-hybridized carbons (Fsp3) is 0.750. The molecule has 6 heteroatoms. The summed E-state index contributed by atoms with van der Waals surface area (Å²) < 4.78 is 6.65. The molecule has 0 saturated heterocycles. The first-order chi connectivity index (χ1) is 21.9. The van der Waals surface area contributed by atoms with Gasteiger partial charge in [-0.15, -0.1) is 46.2 Å². The Balaban J connectivity index is 2.08. The second kappa shape index (κ2) is 20.2. The van der Waals surface area contributed by atoms with Crippen molar-refractivity contribution in [1.29, 1.82) is 0 Å². The van der Waals surface area contributed by atoms with Gasteiger partial charge in [-0.2, -0.15) is 0 Å². The summed E-state index contributed by atoms with van der Waals surface area (Å²) in [7, 11) is -2.85. The Kier molecular flexibility index (Phi) is 17.9. The van der Waals surface area contributed by atoms with E-state index in [2.05, 4.69) is 125 Å². The highest BCUT2D eigenvalue weighted by molar-refractivity contribution is 8.00. The van der Waals surface area contributed by atoms with Gasteiger partial charge < -0.3 is 0 Å². The maximum absolute atomic E-state index is 2.69. The van der Waals surface area contributed by atoms with Gasteiger partial charge in [-0.3, -0.25) is 0 Å². The zero-order chi connectivity index (χ0) is 33.7. The highest BCUT2D eigenvalue weighted by atomic mass is 32.2. The number of fused-ring (bicyclic) bond motifs is 2. The molecule has 0 aliphatic carbocycles. The predicted octanol–water partition coefficient (Wildman–Crippen LogP) is 14.9. The number of thiophene rings is 2. The fourth-order valence-corrected chi connectivity index (χ4v) is 15.7. The Morgan fingerprint density at radius 1 is 0.500 bits per heavy atom. The van der Waals surface area contributed by atoms with E-state index in [0.29, 0.717) is 0 Å². The Labute approximate surface area is 304 Å². The maximum atomic E-state index is 2.69. The Hall–Kier alpha value is 0.274. The summed E-state index contributed by atoms with van der Waals surface area (Å²) in [5.41, 5.74) is 0. The fourth-order valence-electron chi connectivity index (χ4n) is 6.46. The van der Waals surface area contributed by atoms with Gasteiger partial charge in [-0.1, -0.05) is 144 Å². The van der Waals surface area contributed by atoms with E-state index in [1.54, 1.807) is 39.0 Å². The molecule has 0 fully saturated rings. The third-order valence-electron chi connectivity index (χ3n) is 9.63. The molecule has 1 aromatic carbocycles. The molecule has 0 N–H and O–H groups in total. The molecule has 0 aliphatic heterocycles. The Morgan fingerprint density at radius 2 is 0.848 bits per heavy atom. The standard InChI is InChI=1S/C40H70S4Si2/c1-11-15-19-21-25-31(23-17-13-3)29-41-37-33-27-35(45(5,6)7)44-40(33)38(34-28-36(43-39(34)37)46(8,9)10)42-30-32(24-18-14-4)26-22-20-16-12-2/h27-28,31-32H,11-26,29-30H2,1-10H3. The van der Waals surface area contributed by atoms with Gasteiger partial charge in [-0.25, -0.2) is 0 Å². The summed E-state index contributed by atoms with van der Waals surface area (Å²) >= 11 is 8.86. The van der Waals surface area contributed by atoms with Crippen molar-refractivity contribution in [3.63, 3.8) is 0 Å². The van der Waals surface area contributed by atoms with Crippen LogP contribution in [0.3, 0.4) is 0 Å². The minimum atomic E-state index is -1.42. The van der Waals surface area contributed by atoms with E-state index in [4.69, 9.17) is 0 Å². The molecule has 0 saturated carbocycles. The van der Waals surface area contributed by atoms with Gasteiger partial charge in [0, 0.05) is 41.5 Å². The second-order valence-corrected chi connectivity index (χ2v) is 31.2. The summed E-state index contributed by atoms with van der Waals surface area (Å²) in [4.78, 5) is 3.28. The molecule has 0 aliphatic rings. The van der Waals surface area contributed by atoms with Gasteiger partial charge in [0.25, 0.3) is 0 Å². The lowest BCUT2D eigenvalue weighted by molar-refractivity contribution is 0.451. The average Bonchev–Trinajstić information content (AvgIpc) is 3.65. The number of unbranched alkanes of at least 4 members (excludes halogenated alkanes) is 8. The van der Waals surface area contributed by atoms with Crippen molar-refractivity contribution in [1.82, 2.24) is 0 Å². The maximum Gasteiger partial charge on any atom is 0.0904 e. The number of benzene rings is 1. The molecule has 2 aromatic heterocycles. The second-order valence-electron chi connectivity index (χ2n) is 16.2. The van der Waals surface area contributed by atoms with Gasteiger partial charge >= 0.3 is 0 Å². The topological polar surface area (TPSA) is 0 Å². The number of thioether (sulfide) groups is 2. The summed E-state index contributed by atoms with van der Waals surface area (Å²) in [6.07, 6.45) is 22.2. The van der Waals surface area contributed by atoms with Crippen molar-refractivity contribution >= 4 is 91.5 Å². The molecule has 262 valence electrons. The molecular weight excluding hydrogens is 665 g/mol. The third kappa shape index (κ3) is 12.2. The van der Waals surface area contributed by atoms with Crippen LogP contribution in [-0.4, -0.2) is 27.7 Å². The van der Waals surface area contributed by atoms with Crippen LogP contribution in [0.5, 0.6) is 0 Å². The summed E-state index contributed by atoms with van der Waals surface area (Å²) in [6.45, 7) is 24.7. The smallest absolute Gasteiger partial charge is 0.0904 e. The lowest BCUT2D eigenvalue weighted by Gasteiger charge is -2.19. The molecule has 0 amide bonds. The van der Waals surface area contributed by atoms with Crippen LogP contribution in [0.4, 0.5) is 0 Å². The molecular formula is C40H70S4Si2. The van der Waals surface area contributed by atoms with E-state index < -0.39 is 16.1 Å². The van der Waals surface area contributed by atoms with Gasteiger partial charge in [0.05, 0.1) is 16.1 Å². The van der Waals surface area contributed by atoms with Crippen molar-refractivity contribution in [2.45, 2.75) is 180 Å². The normalized spacial score (nSPS) is 14.1. The largest absolute Gasteiger partial charge is 0.144 e. The number of hydrogen-bond acceptors (Lipinski definition) is 4. The Morgan fingerprint density at radius 3 is 1.17 bits per heavy atom. The lowest BCUT2D eigenvalue weighted by Crippen LogP contribution is -2.34. The molecule has 2 atom stereocenters. The minimum absolute atomic E-state index is 0.847. The third-order valence-corrected chi connectivity index (χ3v) is 22.1. The molecule has 46 heavy (non-hydrogen) atoms. The predicted molar refractivity (Wildman–Crippen MR) is 228 cm³/mol. The highest BCUT2D eigenvalue weighted by Gasteiger charge is 2.28. The minimum Gasteiger partial charge on any atom is -0.144 e. The first-order valence-corrected chi connectivity index (χ1v) is 29.8. The quantitative estimate of drug-likeness (QED) is 0.0510. The Bertz CT molecular complexity index is 1140. The van der Waals surface area contributed by atoms with Crippen LogP contribution in [0.1, 0.15) is 130 Å². The molecule has 2 heterocycles. The summed E-state index contributed by atoms with van der Waals surface area (Å²) in [5, 5.41) is 3.22. The zero-order valence-electron chi connectivity index (χ0n) is 31.7. The summed E-state index contributed by atoms with van der Waals surface area (Å²) in [6, 6.07) is 5.38. The first kappa shape index (κ1) is 40.7. The first-order valence-electron chi connectivity index (χ1n) is 19.2. The van der Waals surface area contributed by atoms with Crippen LogP contribution in [0, 0.1) is 11.8 Å². The van der Waals surface area contributed by atoms with Crippen molar-refractivity contribution in [3.8, 4) is 0 Å². The van der Waals surface area contributed by atoms with Crippen LogP contribution in [0.15, 0.2) is 21.9 Å². The number of hydrogen-bond donors (Lipinski definition) is 0. The molecule has 2 unspecified atom stereocenters. The van der Waals surface area contributed by atoms with Crippen LogP contribution in [-0.2, 0) is 0 Å². The van der Waals surface area contributed by atoms with Crippen LogP contribution < -0.4 is 9.00 Å². The van der Waals surface area contributed by atoms with Gasteiger partial charge in [0.2, 0.25) is 0 Å². The monoisotopic (exact) mass is 734 g/mol. The molecule has 0 radical (unpaired) electrons. The molecule has 3 aromatic rings. The van der Waals surface area contributed by atoms with Gasteiger partial charge in [0.1, 0.15) is 0 Å². The average molecular weight is 735 g/mol. The van der Waals surface area contributed by atoms with Crippen LogP contribution >= 0.6 is 46.2 Å². The van der Waals surface area contributed by atoms with Crippen molar-refractivity contribution < 1.29 is 0 Å². The lowest BCUT2D eigenvalue weighted by atomic mass is 9.97. The molecule has 0 nitrogen and oxygen atoms in total. The van der Waals surface area contributed by atoms with Crippen molar-refractivity contribution in [2.24, 2.45) is 11.8 Å². The van der Waals surface area contributed by atoms with Gasteiger partial charge in [0.15, 0.2) is 0 Å². The van der Waals surface area contributed by atoms with Crippen LogP contribution in [0.2, 0.25) is 39.3 Å². The molecule has 0 bridgehead atoms. The van der Waals surface area contributed by atoms with Crippen LogP contribution in [0.25, 0.3) is 20.2 Å². The number of rotatable bonds is 24. The van der Waals surface area contributed by atoms with E-state index in [1.807, 2.05) is 0 Å². The van der Waals surface area contributed by atoms with E-state index >= 15 is 0 Å². The van der Waals surface area contributed by atoms with E-state index in [9.17, 15) is 0 Å². The van der Waals surface area contributed by atoms with Crippen molar-refractivity contribution in [3.05, 3.63) is 12.1 Å². The SMILES string of the molecule is CCCCCCC(CCCC)CSc1c2cc([Si](C)(C)C)sc2c(SCC(CCCC)CCCCCC)c2cc([Si](C)(C)C)sc12. The van der Waals surface area contributed by atoms with E-state index in [-0.39, 0.29) is 0 Å². The van der Waals surface area contributed by atoms with Gasteiger partial charge in [-0.05, 0) is 58.7 Å². The van der Waals surface area contributed by atoms with Crippen molar-refractivity contribution in [2.75, 3.05) is 11.5 Å². The molecule has 3 rings (SSSR count). The molecule has 0 spiro atoms. The summed E-state index contributed by atoms with van der Waals surface area (Å²) in [5.74, 6) is 4.27. The van der Waals surface area contributed by atoms with E-state index in [0.717, 1.165) is 11.8 Å².